The normalized spacial score (nSPS) is 28.9. The molecule has 34 heavy (non-hydrogen) atoms. The molecule has 17 heteroatoms. The van der Waals surface area contributed by atoms with E-state index in [-0.39, 0.29) is 17.1 Å². The standard InChI is InChI=1S/C17H23N5O12/c18-17-21-13-5(14(30)22-17)20-3(1-19-13)6(25)11(7(26)4(24)2-23)33-16-10(29)8(27)9(28)12(34-16)15(31)32/h1,4,6-12,16,23-29H,2H2,(H,31,32)(H3,18,19,21,22,30). The number of anilines is 1. The van der Waals surface area contributed by atoms with Gasteiger partial charge in [-0.25, -0.2) is 14.8 Å². The molecule has 17 nitrogen and oxygen atoms in total. The highest BCUT2D eigenvalue weighted by Crippen LogP contribution is 2.29. The Bertz CT molecular complexity index is 1080. The van der Waals surface area contributed by atoms with Gasteiger partial charge in [-0.2, -0.15) is 4.98 Å². The molecule has 0 amide bonds. The van der Waals surface area contributed by atoms with E-state index in [1.807, 2.05) is 0 Å². The van der Waals surface area contributed by atoms with Gasteiger partial charge in [-0.1, -0.05) is 0 Å². The minimum absolute atomic E-state index is 0.182. The first-order valence-electron chi connectivity index (χ1n) is 9.71. The van der Waals surface area contributed by atoms with Crippen molar-refractivity contribution >= 4 is 23.1 Å². The highest BCUT2D eigenvalue weighted by atomic mass is 16.7. The summed E-state index contributed by atoms with van der Waals surface area (Å²) in [6.07, 6.45) is -17.3. The van der Waals surface area contributed by atoms with Crippen molar-refractivity contribution in [3.63, 3.8) is 0 Å². The quantitative estimate of drug-likeness (QED) is 0.165. The van der Waals surface area contributed by atoms with Crippen LogP contribution in [0.15, 0.2) is 11.0 Å². The van der Waals surface area contributed by atoms with Crippen molar-refractivity contribution in [2.75, 3.05) is 12.3 Å². The smallest absolute Gasteiger partial charge is 0.335 e. The molecule has 1 aliphatic heterocycles. The predicted molar refractivity (Wildman–Crippen MR) is 106 cm³/mol. The first-order chi connectivity index (χ1) is 16.0. The Hall–Kier alpha value is -2.87. The third kappa shape index (κ3) is 4.97. The molecular formula is C17H23N5O12. The first kappa shape index (κ1) is 25.7. The average molecular weight is 489 g/mol. The molecule has 3 heterocycles. The number of nitrogens with two attached hydrogens (primary N) is 1. The van der Waals surface area contributed by atoms with E-state index in [2.05, 4.69) is 19.9 Å². The Labute approximate surface area is 188 Å². The molecule has 0 bridgehead atoms. The van der Waals surface area contributed by atoms with Gasteiger partial charge in [0, 0.05) is 0 Å². The molecule has 1 saturated heterocycles. The topological polar surface area (TPSA) is 295 Å². The number of aliphatic hydroxyl groups excluding tert-OH is 7. The molecule has 2 aromatic rings. The van der Waals surface area contributed by atoms with Gasteiger partial charge in [0.25, 0.3) is 5.56 Å². The molecule has 0 saturated carbocycles. The van der Waals surface area contributed by atoms with Crippen molar-refractivity contribution in [2.45, 2.75) is 55.1 Å². The van der Waals surface area contributed by atoms with Crippen molar-refractivity contribution in [1.29, 1.82) is 0 Å². The Balaban J connectivity index is 1.97. The van der Waals surface area contributed by atoms with Crippen LogP contribution in [0, 0.1) is 0 Å². The van der Waals surface area contributed by atoms with Crippen LogP contribution in [0.5, 0.6) is 0 Å². The van der Waals surface area contributed by atoms with Gasteiger partial charge in [-0.05, 0) is 0 Å². The van der Waals surface area contributed by atoms with Gasteiger partial charge >= 0.3 is 5.97 Å². The fraction of sp³-hybridized carbons (Fsp3) is 0.588. The summed E-state index contributed by atoms with van der Waals surface area (Å²) in [6, 6.07) is 0. The fourth-order valence-electron chi connectivity index (χ4n) is 3.25. The lowest BCUT2D eigenvalue weighted by Crippen LogP contribution is -2.62. The number of carboxylic acid groups (broad SMARTS) is 1. The van der Waals surface area contributed by atoms with Crippen LogP contribution in [0.2, 0.25) is 0 Å². The average Bonchev–Trinajstić information content (AvgIpc) is 2.80. The molecule has 1 fully saturated rings. The van der Waals surface area contributed by atoms with Crippen LogP contribution in [0.3, 0.4) is 0 Å². The first-order valence-corrected chi connectivity index (χ1v) is 9.71. The number of carbonyl (C=O) groups is 1. The summed E-state index contributed by atoms with van der Waals surface area (Å²) in [5, 5.41) is 79.4. The van der Waals surface area contributed by atoms with Crippen LogP contribution in [-0.2, 0) is 14.3 Å². The number of hydrogen-bond acceptors (Lipinski definition) is 15. The van der Waals surface area contributed by atoms with Crippen LogP contribution >= 0.6 is 0 Å². The summed E-state index contributed by atoms with van der Waals surface area (Å²) in [7, 11) is 0. The zero-order valence-corrected chi connectivity index (χ0v) is 17.1. The third-order valence-corrected chi connectivity index (χ3v) is 5.09. The van der Waals surface area contributed by atoms with Crippen molar-refractivity contribution < 1.29 is 55.1 Å². The van der Waals surface area contributed by atoms with Gasteiger partial charge in [-0.15, -0.1) is 0 Å². The van der Waals surface area contributed by atoms with Crippen molar-refractivity contribution in [1.82, 2.24) is 19.9 Å². The van der Waals surface area contributed by atoms with Crippen molar-refractivity contribution in [2.24, 2.45) is 0 Å². The number of nitrogens with zero attached hydrogens (tertiary/aromatic N) is 3. The Morgan fingerprint density at radius 3 is 2.47 bits per heavy atom. The monoisotopic (exact) mass is 489 g/mol. The number of nitrogen functional groups attached to an aromatic ring is 1. The number of aliphatic hydroxyl groups is 7. The van der Waals surface area contributed by atoms with Gasteiger partial charge in [0.05, 0.1) is 18.5 Å². The van der Waals surface area contributed by atoms with E-state index in [1.165, 1.54) is 0 Å². The zero-order valence-electron chi connectivity index (χ0n) is 17.1. The number of H-pyrrole nitrogens is 1. The lowest BCUT2D eigenvalue weighted by atomic mass is 9.97. The molecular weight excluding hydrogens is 466 g/mol. The number of aromatic amines is 1. The van der Waals surface area contributed by atoms with Gasteiger partial charge in [0.2, 0.25) is 5.95 Å². The van der Waals surface area contributed by atoms with E-state index in [9.17, 15) is 45.3 Å². The maximum absolute atomic E-state index is 12.1. The summed E-state index contributed by atoms with van der Waals surface area (Å²) in [5.41, 5.74) is 3.66. The number of nitrogens with one attached hydrogen (secondary N) is 1. The minimum atomic E-state index is -2.09. The maximum atomic E-state index is 12.1. The molecule has 0 radical (unpaired) electrons. The van der Waals surface area contributed by atoms with Crippen molar-refractivity contribution in [3.05, 3.63) is 22.2 Å². The number of aromatic nitrogens is 4. The molecule has 188 valence electrons. The number of hydrogen-bond donors (Lipinski definition) is 10. The highest BCUT2D eigenvalue weighted by molar-refractivity contribution is 5.73. The van der Waals surface area contributed by atoms with Crippen LogP contribution in [0.1, 0.15) is 11.8 Å². The van der Waals surface area contributed by atoms with E-state index in [4.69, 9.17) is 20.3 Å². The number of rotatable bonds is 8. The summed E-state index contributed by atoms with van der Waals surface area (Å²) in [5.74, 6) is -1.97. The van der Waals surface area contributed by atoms with Crippen LogP contribution in [0.25, 0.3) is 11.2 Å². The van der Waals surface area contributed by atoms with Crippen LogP contribution in [0.4, 0.5) is 5.95 Å². The predicted octanol–water partition coefficient (Wildman–Crippen LogP) is -5.68. The fourth-order valence-corrected chi connectivity index (χ4v) is 3.25. The van der Waals surface area contributed by atoms with Crippen LogP contribution in [-0.4, -0.2) is 122 Å². The van der Waals surface area contributed by atoms with Crippen LogP contribution < -0.4 is 11.3 Å². The molecule has 0 aromatic carbocycles. The molecule has 9 atom stereocenters. The van der Waals surface area contributed by atoms with Gasteiger partial charge in [0.15, 0.2) is 23.6 Å². The Morgan fingerprint density at radius 1 is 1.18 bits per heavy atom. The second-order valence-electron chi connectivity index (χ2n) is 7.44. The summed E-state index contributed by atoms with van der Waals surface area (Å²) >= 11 is 0. The van der Waals surface area contributed by atoms with Gasteiger partial charge < -0.3 is 56.1 Å². The van der Waals surface area contributed by atoms with E-state index < -0.39 is 79.0 Å². The molecule has 11 N–H and O–H groups in total. The SMILES string of the molecule is Nc1nc2ncc(C(O)C(OC3OC(C(=O)O)C(O)C(O)C3O)C(O)C(O)CO)nc2c(=O)[nH]1. The molecule has 1 aliphatic rings. The van der Waals surface area contributed by atoms with Crippen molar-refractivity contribution in [3.8, 4) is 0 Å². The van der Waals surface area contributed by atoms with E-state index >= 15 is 0 Å². The number of fused-ring (bicyclic) bond motifs is 1. The van der Waals surface area contributed by atoms with Gasteiger partial charge in [0.1, 0.15) is 42.7 Å². The summed E-state index contributed by atoms with van der Waals surface area (Å²) < 4.78 is 10.3. The second-order valence-corrected chi connectivity index (χ2v) is 7.44. The number of aliphatic carboxylic acids is 1. The molecule has 0 spiro atoms. The zero-order chi connectivity index (χ0) is 25.3. The number of carboxylic acids is 1. The largest absolute Gasteiger partial charge is 0.479 e. The molecule has 0 aliphatic carbocycles. The van der Waals surface area contributed by atoms with E-state index in [0.717, 1.165) is 6.20 Å². The second kappa shape index (κ2) is 10.2. The van der Waals surface area contributed by atoms with Gasteiger partial charge in [-0.3, -0.25) is 9.78 Å². The molecule has 9 unspecified atom stereocenters. The Kier molecular flexibility index (Phi) is 7.70. The minimum Gasteiger partial charge on any atom is -0.479 e. The van der Waals surface area contributed by atoms with E-state index in [0.29, 0.717) is 0 Å². The lowest BCUT2D eigenvalue weighted by molar-refractivity contribution is -0.321. The summed E-state index contributed by atoms with van der Waals surface area (Å²) in [6.45, 7) is -1.01. The molecule has 2 aromatic heterocycles. The lowest BCUT2D eigenvalue weighted by Gasteiger charge is -2.41. The maximum Gasteiger partial charge on any atom is 0.335 e. The highest BCUT2D eigenvalue weighted by Gasteiger charge is 2.49. The number of ether oxygens (including phenoxy) is 2. The Morgan fingerprint density at radius 2 is 1.85 bits per heavy atom. The van der Waals surface area contributed by atoms with E-state index in [1.54, 1.807) is 0 Å². The molecule has 3 rings (SSSR count). The third-order valence-electron chi connectivity index (χ3n) is 5.09. The summed E-state index contributed by atoms with van der Waals surface area (Å²) in [4.78, 5) is 37.0.